The van der Waals surface area contributed by atoms with Crippen LogP contribution < -0.4 is 24.4 Å². The fourth-order valence-electron chi connectivity index (χ4n) is 4.72. The Kier molecular flexibility index (Phi) is 9.57. The van der Waals surface area contributed by atoms with Crippen LogP contribution in [0.5, 0.6) is 17.2 Å². The first-order valence-electron chi connectivity index (χ1n) is 13.9. The van der Waals surface area contributed by atoms with Crippen molar-refractivity contribution in [3.8, 4) is 17.2 Å². The maximum Gasteiger partial charge on any atom is 0.416 e. The van der Waals surface area contributed by atoms with Crippen molar-refractivity contribution in [2.24, 2.45) is 0 Å². The molecule has 236 valence electrons. The highest BCUT2D eigenvalue weighted by Crippen LogP contribution is 2.35. The van der Waals surface area contributed by atoms with Crippen LogP contribution in [0.1, 0.15) is 16.7 Å². The molecule has 8 nitrogen and oxygen atoms in total. The number of amides is 2. The first kappa shape index (κ1) is 32.0. The summed E-state index contributed by atoms with van der Waals surface area (Å²) >= 11 is 5.80. The largest absolute Gasteiger partial charge is 0.497 e. The molecule has 0 spiro atoms. The number of rotatable bonds is 10. The van der Waals surface area contributed by atoms with Crippen molar-refractivity contribution >= 4 is 46.6 Å². The molecular formula is C34H28F3N3O5S. The number of hydrogen-bond acceptors (Lipinski definition) is 6. The molecule has 0 atom stereocenters. The second-order valence-electron chi connectivity index (χ2n) is 10.0. The van der Waals surface area contributed by atoms with Crippen LogP contribution in [0.4, 0.5) is 24.5 Å². The predicted octanol–water partition coefficient (Wildman–Crippen LogP) is 6.91. The van der Waals surface area contributed by atoms with E-state index in [0.717, 1.165) is 17.7 Å². The Morgan fingerprint density at radius 1 is 0.891 bits per heavy atom. The standard InChI is InChI=1S/C34H28F3N3O5S/c1-43-27-14-12-26(13-15-27)40-28(32(42)39(33(40)46)20-22-7-4-3-5-8-22)17-23-11-16-29(30(18-23)44-2)45-21-31(41)38-25-10-6-9-24(19-25)34(35,36)37/h3-19H,20-21H2,1-2H3,(H,38,41)/b28-17+. The molecule has 0 radical (unpaired) electrons. The molecule has 46 heavy (non-hydrogen) atoms. The molecular weight excluding hydrogens is 619 g/mol. The molecule has 0 unspecified atom stereocenters. The Labute approximate surface area is 268 Å². The van der Waals surface area contributed by atoms with Crippen LogP contribution in [0.2, 0.25) is 0 Å². The lowest BCUT2D eigenvalue weighted by molar-refractivity contribution is -0.137. The minimum absolute atomic E-state index is 0.0146. The molecule has 4 aromatic rings. The number of nitrogens with zero attached hydrogens (tertiary/aromatic N) is 2. The molecule has 4 aromatic carbocycles. The fourth-order valence-corrected chi connectivity index (χ4v) is 5.07. The zero-order chi connectivity index (χ0) is 32.8. The number of ether oxygens (including phenoxy) is 3. The van der Waals surface area contributed by atoms with Crippen molar-refractivity contribution in [2.75, 3.05) is 31.0 Å². The summed E-state index contributed by atoms with van der Waals surface area (Å²) in [4.78, 5) is 29.5. The van der Waals surface area contributed by atoms with E-state index in [4.69, 9.17) is 26.4 Å². The molecule has 0 bridgehead atoms. The van der Waals surface area contributed by atoms with E-state index in [1.54, 1.807) is 60.6 Å². The molecule has 0 aliphatic carbocycles. The molecule has 2 amide bonds. The van der Waals surface area contributed by atoms with E-state index in [2.05, 4.69) is 5.32 Å². The van der Waals surface area contributed by atoms with Gasteiger partial charge in [-0.15, -0.1) is 0 Å². The number of nitrogens with one attached hydrogen (secondary N) is 1. The summed E-state index contributed by atoms with van der Waals surface area (Å²) in [5, 5.41) is 2.71. The fraction of sp³-hybridized carbons (Fsp3) is 0.147. The van der Waals surface area contributed by atoms with E-state index in [1.807, 2.05) is 30.3 Å². The van der Waals surface area contributed by atoms with E-state index >= 15 is 0 Å². The number of methoxy groups -OCH3 is 2. The van der Waals surface area contributed by atoms with Gasteiger partial charge in [0.2, 0.25) is 0 Å². The summed E-state index contributed by atoms with van der Waals surface area (Å²) in [7, 11) is 2.98. The van der Waals surface area contributed by atoms with E-state index in [9.17, 15) is 22.8 Å². The Bertz CT molecular complexity index is 1780. The monoisotopic (exact) mass is 647 g/mol. The van der Waals surface area contributed by atoms with Crippen LogP contribution in [0.15, 0.2) is 103 Å². The highest BCUT2D eigenvalue weighted by atomic mass is 32.1. The summed E-state index contributed by atoms with van der Waals surface area (Å²) in [5.74, 6) is 0.179. The number of benzene rings is 4. The molecule has 1 heterocycles. The van der Waals surface area contributed by atoms with Crippen LogP contribution >= 0.6 is 12.2 Å². The van der Waals surface area contributed by atoms with E-state index in [1.165, 1.54) is 24.1 Å². The van der Waals surface area contributed by atoms with Crippen molar-refractivity contribution in [3.63, 3.8) is 0 Å². The maximum atomic E-state index is 13.8. The third kappa shape index (κ3) is 7.29. The lowest BCUT2D eigenvalue weighted by atomic mass is 10.1. The molecule has 0 aromatic heterocycles. The predicted molar refractivity (Wildman–Crippen MR) is 172 cm³/mol. The van der Waals surface area contributed by atoms with E-state index in [0.29, 0.717) is 27.8 Å². The minimum Gasteiger partial charge on any atom is -0.497 e. The van der Waals surface area contributed by atoms with Gasteiger partial charge in [-0.1, -0.05) is 42.5 Å². The SMILES string of the molecule is COc1ccc(N2C(=S)N(Cc3ccccc3)C(=O)/C2=C\c2ccc(OCC(=O)Nc3cccc(C(F)(F)F)c3)c(OC)c2)cc1. The van der Waals surface area contributed by atoms with Gasteiger partial charge in [-0.25, -0.2) is 0 Å². The Morgan fingerprint density at radius 3 is 2.30 bits per heavy atom. The number of anilines is 2. The number of carbonyl (C=O) groups is 2. The van der Waals surface area contributed by atoms with Gasteiger partial charge in [-0.3, -0.25) is 19.4 Å². The lowest BCUT2D eigenvalue weighted by Gasteiger charge is -2.21. The molecule has 12 heteroatoms. The normalized spacial score (nSPS) is 14.1. The smallest absolute Gasteiger partial charge is 0.416 e. The van der Waals surface area contributed by atoms with Crippen molar-refractivity contribution in [3.05, 3.63) is 119 Å². The zero-order valence-electron chi connectivity index (χ0n) is 24.7. The third-order valence-electron chi connectivity index (χ3n) is 6.96. The topological polar surface area (TPSA) is 80.3 Å². The van der Waals surface area contributed by atoms with Gasteiger partial charge in [0.05, 0.1) is 26.3 Å². The van der Waals surface area contributed by atoms with Crippen molar-refractivity contribution < 1.29 is 37.0 Å². The highest BCUT2D eigenvalue weighted by molar-refractivity contribution is 7.80. The molecule has 1 aliphatic rings. The summed E-state index contributed by atoms with van der Waals surface area (Å²) in [6, 6.07) is 25.9. The quantitative estimate of drug-likeness (QED) is 0.148. The van der Waals surface area contributed by atoms with Gasteiger partial charge in [0.15, 0.2) is 23.2 Å². The lowest BCUT2D eigenvalue weighted by Crippen LogP contribution is -2.32. The molecule has 5 rings (SSSR count). The third-order valence-corrected chi connectivity index (χ3v) is 7.37. The number of hydrogen-bond donors (Lipinski definition) is 1. The van der Waals surface area contributed by atoms with Crippen LogP contribution in [-0.2, 0) is 22.3 Å². The first-order chi connectivity index (χ1) is 22.1. The Morgan fingerprint density at radius 2 is 1.63 bits per heavy atom. The number of halogens is 3. The van der Waals surface area contributed by atoms with Gasteiger partial charge in [-0.2, -0.15) is 13.2 Å². The number of thiocarbonyl (C=S) groups is 1. The summed E-state index contributed by atoms with van der Waals surface area (Å²) < 4.78 is 55.4. The first-order valence-corrected chi connectivity index (χ1v) is 14.3. The van der Waals surface area contributed by atoms with Gasteiger partial charge in [0.25, 0.3) is 11.8 Å². The zero-order valence-corrected chi connectivity index (χ0v) is 25.5. The van der Waals surface area contributed by atoms with Gasteiger partial charge < -0.3 is 19.5 Å². The average molecular weight is 648 g/mol. The summed E-state index contributed by atoms with van der Waals surface area (Å²) in [5.41, 5.74) is 1.58. The van der Waals surface area contributed by atoms with Crippen molar-refractivity contribution in [1.82, 2.24) is 4.90 Å². The highest BCUT2D eigenvalue weighted by Gasteiger charge is 2.39. The van der Waals surface area contributed by atoms with Crippen molar-refractivity contribution in [2.45, 2.75) is 12.7 Å². The second-order valence-corrected chi connectivity index (χ2v) is 10.4. The Balaban J connectivity index is 1.37. The van der Waals surface area contributed by atoms with Crippen LogP contribution in [0.25, 0.3) is 6.08 Å². The van der Waals surface area contributed by atoms with Gasteiger partial charge >= 0.3 is 6.18 Å². The van der Waals surface area contributed by atoms with Crippen LogP contribution in [0.3, 0.4) is 0 Å². The average Bonchev–Trinajstić information content (AvgIpc) is 3.28. The minimum atomic E-state index is -4.54. The number of carbonyl (C=O) groups excluding carboxylic acids is 2. The Hall–Kier alpha value is -5.36. The maximum absolute atomic E-state index is 13.8. The van der Waals surface area contributed by atoms with Gasteiger partial charge in [0.1, 0.15) is 11.4 Å². The van der Waals surface area contributed by atoms with Crippen LogP contribution in [0, 0.1) is 0 Å². The molecule has 0 saturated carbocycles. The van der Waals surface area contributed by atoms with Crippen molar-refractivity contribution in [1.29, 1.82) is 0 Å². The summed E-state index contributed by atoms with van der Waals surface area (Å²) in [6.45, 7) is -0.208. The molecule has 1 saturated heterocycles. The van der Waals surface area contributed by atoms with E-state index in [-0.39, 0.29) is 29.6 Å². The molecule has 1 N–H and O–H groups in total. The van der Waals surface area contributed by atoms with Crippen LogP contribution in [-0.4, -0.2) is 42.7 Å². The van der Waals surface area contributed by atoms with Gasteiger partial charge in [-0.05, 0) is 84.0 Å². The number of alkyl halides is 3. The molecule has 1 fully saturated rings. The second kappa shape index (κ2) is 13.7. The van der Waals surface area contributed by atoms with Gasteiger partial charge in [0, 0.05) is 11.4 Å². The summed E-state index contributed by atoms with van der Waals surface area (Å²) in [6.07, 6.45) is -2.86. The molecule has 1 aliphatic heterocycles. The van der Waals surface area contributed by atoms with E-state index < -0.39 is 24.3 Å².